The first-order valence-electron chi connectivity index (χ1n) is 10.7. The van der Waals surface area contributed by atoms with Crippen LogP contribution < -0.4 is 15.4 Å². The lowest BCUT2D eigenvalue weighted by Crippen LogP contribution is -2.28. The summed E-state index contributed by atoms with van der Waals surface area (Å²) in [4.78, 5) is 16.1. The predicted octanol–water partition coefficient (Wildman–Crippen LogP) is 6.35. The minimum Gasteiger partial charge on any atom is -0.493 e. The van der Waals surface area contributed by atoms with Crippen molar-refractivity contribution < 1.29 is 9.53 Å². The van der Waals surface area contributed by atoms with E-state index in [-0.39, 0.29) is 6.03 Å². The van der Waals surface area contributed by atoms with Gasteiger partial charge in [0.05, 0.1) is 6.61 Å². The van der Waals surface area contributed by atoms with Gasteiger partial charge in [0, 0.05) is 24.8 Å². The van der Waals surface area contributed by atoms with Crippen molar-refractivity contribution in [1.29, 1.82) is 0 Å². The van der Waals surface area contributed by atoms with Crippen molar-refractivity contribution in [3.63, 3.8) is 0 Å². The highest BCUT2D eigenvalue weighted by Gasteiger charge is 2.06. The molecule has 2 amide bonds. The molecule has 0 unspecified atom stereocenters. The summed E-state index contributed by atoms with van der Waals surface area (Å²) in [6.07, 6.45) is 2.43. The van der Waals surface area contributed by atoms with E-state index in [1.165, 1.54) is 16.7 Å². The van der Waals surface area contributed by atoms with Gasteiger partial charge in [-0.15, -0.1) is 0 Å². The fourth-order valence-electron chi connectivity index (χ4n) is 3.42. The molecule has 33 heavy (non-hydrogen) atoms. The van der Waals surface area contributed by atoms with Gasteiger partial charge in [0.1, 0.15) is 10.9 Å². The Morgan fingerprint density at radius 1 is 0.879 bits per heavy atom. The van der Waals surface area contributed by atoms with E-state index >= 15 is 0 Å². The maximum absolute atomic E-state index is 12.1. The van der Waals surface area contributed by atoms with Crippen molar-refractivity contribution >= 4 is 23.3 Å². The van der Waals surface area contributed by atoms with Gasteiger partial charge in [-0.25, -0.2) is 9.78 Å². The second-order valence-corrected chi connectivity index (χ2v) is 7.83. The molecule has 1 aromatic heterocycles. The summed E-state index contributed by atoms with van der Waals surface area (Å²) >= 11 is 5.77. The van der Waals surface area contributed by atoms with Crippen LogP contribution in [0.2, 0.25) is 5.15 Å². The fraction of sp³-hybridized carbons (Fsp3) is 0.111. The summed E-state index contributed by atoms with van der Waals surface area (Å²) < 4.78 is 5.93. The molecule has 1 heterocycles. The van der Waals surface area contributed by atoms with Crippen LogP contribution in [0.5, 0.6) is 5.75 Å². The van der Waals surface area contributed by atoms with E-state index in [4.69, 9.17) is 16.3 Å². The Labute approximate surface area is 198 Å². The van der Waals surface area contributed by atoms with E-state index in [0.29, 0.717) is 24.0 Å². The zero-order valence-electron chi connectivity index (χ0n) is 18.0. The van der Waals surface area contributed by atoms with Gasteiger partial charge in [0.2, 0.25) is 0 Å². The monoisotopic (exact) mass is 457 g/mol. The third-order valence-corrected chi connectivity index (χ3v) is 5.32. The van der Waals surface area contributed by atoms with Gasteiger partial charge >= 0.3 is 6.03 Å². The number of carbonyl (C=O) groups is 1. The maximum atomic E-state index is 12.1. The first-order chi connectivity index (χ1) is 16.2. The van der Waals surface area contributed by atoms with Crippen LogP contribution in [0.4, 0.5) is 10.5 Å². The SMILES string of the molecule is O=C(NCc1ccc(Cl)nc1)Nc1ccc(OCCc2ccccc2-c2ccccc2)cc1. The summed E-state index contributed by atoms with van der Waals surface area (Å²) in [5.74, 6) is 0.755. The Morgan fingerprint density at radius 3 is 2.39 bits per heavy atom. The number of hydrogen-bond acceptors (Lipinski definition) is 3. The average Bonchev–Trinajstić information content (AvgIpc) is 2.86. The number of urea groups is 1. The largest absolute Gasteiger partial charge is 0.493 e. The number of anilines is 1. The molecule has 0 atom stereocenters. The summed E-state index contributed by atoms with van der Waals surface area (Å²) in [5, 5.41) is 6.02. The summed E-state index contributed by atoms with van der Waals surface area (Å²) in [6, 6.07) is 29.3. The van der Waals surface area contributed by atoms with E-state index in [9.17, 15) is 4.79 Å². The van der Waals surface area contributed by atoms with Crippen LogP contribution in [-0.4, -0.2) is 17.6 Å². The van der Waals surface area contributed by atoms with Crippen LogP contribution >= 0.6 is 11.6 Å². The number of pyridine rings is 1. The van der Waals surface area contributed by atoms with E-state index in [0.717, 1.165) is 17.7 Å². The minimum atomic E-state index is -0.295. The zero-order chi connectivity index (χ0) is 22.9. The molecule has 3 aromatic carbocycles. The Morgan fingerprint density at radius 2 is 1.64 bits per heavy atom. The van der Waals surface area contributed by atoms with Crippen molar-refractivity contribution in [2.75, 3.05) is 11.9 Å². The third-order valence-electron chi connectivity index (χ3n) is 5.10. The highest BCUT2D eigenvalue weighted by atomic mass is 35.5. The molecule has 0 saturated heterocycles. The molecule has 0 aliphatic heterocycles. The molecule has 0 spiro atoms. The topological polar surface area (TPSA) is 63.2 Å². The first-order valence-corrected chi connectivity index (χ1v) is 11.1. The molecule has 6 heteroatoms. The molecule has 0 saturated carbocycles. The minimum absolute atomic E-state index is 0.295. The zero-order valence-corrected chi connectivity index (χ0v) is 18.8. The van der Waals surface area contributed by atoms with Crippen molar-refractivity contribution in [3.8, 4) is 16.9 Å². The van der Waals surface area contributed by atoms with Crippen molar-refractivity contribution in [2.24, 2.45) is 0 Å². The van der Waals surface area contributed by atoms with Crippen LogP contribution in [0.1, 0.15) is 11.1 Å². The predicted molar refractivity (Wildman–Crippen MR) is 133 cm³/mol. The van der Waals surface area contributed by atoms with E-state index in [1.807, 2.05) is 48.5 Å². The van der Waals surface area contributed by atoms with Crippen LogP contribution in [0.3, 0.4) is 0 Å². The van der Waals surface area contributed by atoms with Crippen molar-refractivity contribution in [2.45, 2.75) is 13.0 Å². The van der Waals surface area contributed by atoms with Crippen molar-refractivity contribution in [3.05, 3.63) is 113 Å². The van der Waals surface area contributed by atoms with Gasteiger partial charge in [-0.05, 0) is 52.6 Å². The van der Waals surface area contributed by atoms with Crippen LogP contribution in [-0.2, 0) is 13.0 Å². The second-order valence-electron chi connectivity index (χ2n) is 7.44. The number of ether oxygens (including phenoxy) is 1. The number of hydrogen-bond donors (Lipinski definition) is 2. The molecular weight excluding hydrogens is 434 g/mol. The first kappa shape index (κ1) is 22.4. The van der Waals surface area contributed by atoms with Crippen LogP contribution in [0, 0.1) is 0 Å². The maximum Gasteiger partial charge on any atom is 0.319 e. The molecule has 0 aliphatic carbocycles. The number of nitrogens with zero attached hydrogens (tertiary/aromatic N) is 1. The highest BCUT2D eigenvalue weighted by molar-refractivity contribution is 6.29. The van der Waals surface area contributed by atoms with Gasteiger partial charge in [-0.1, -0.05) is 72.3 Å². The van der Waals surface area contributed by atoms with Gasteiger partial charge in [0.25, 0.3) is 0 Å². The molecule has 0 radical (unpaired) electrons. The van der Waals surface area contributed by atoms with Crippen LogP contribution in [0.25, 0.3) is 11.1 Å². The number of aromatic nitrogens is 1. The lowest BCUT2D eigenvalue weighted by Gasteiger charge is -2.12. The lowest BCUT2D eigenvalue weighted by atomic mass is 9.98. The normalized spacial score (nSPS) is 10.5. The molecule has 2 N–H and O–H groups in total. The Kier molecular flexibility index (Phi) is 7.56. The number of carbonyl (C=O) groups excluding carboxylic acids is 1. The molecular formula is C27H24ClN3O2. The van der Waals surface area contributed by atoms with Crippen molar-refractivity contribution in [1.82, 2.24) is 10.3 Å². The number of halogens is 1. The molecule has 166 valence electrons. The van der Waals surface area contributed by atoms with E-state index in [1.54, 1.807) is 12.3 Å². The molecule has 5 nitrogen and oxygen atoms in total. The molecule has 4 aromatic rings. The summed E-state index contributed by atoms with van der Waals surface area (Å²) in [6.45, 7) is 0.924. The van der Waals surface area contributed by atoms with Gasteiger partial charge in [0.15, 0.2) is 0 Å². The average molecular weight is 458 g/mol. The highest BCUT2D eigenvalue weighted by Crippen LogP contribution is 2.24. The van der Waals surface area contributed by atoms with E-state index in [2.05, 4.69) is 52.0 Å². The Bertz CT molecular complexity index is 1180. The van der Waals surface area contributed by atoms with Gasteiger partial charge < -0.3 is 15.4 Å². The number of nitrogens with one attached hydrogen (secondary N) is 2. The Hall–Kier alpha value is -3.83. The van der Waals surface area contributed by atoms with Gasteiger partial charge in [-0.3, -0.25) is 0 Å². The van der Waals surface area contributed by atoms with E-state index < -0.39 is 0 Å². The fourth-order valence-corrected chi connectivity index (χ4v) is 3.53. The second kappa shape index (κ2) is 11.2. The number of rotatable bonds is 8. The smallest absolute Gasteiger partial charge is 0.319 e. The molecule has 4 rings (SSSR count). The number of amides is 2. The lowest BCUT2D eigenvalue weighted by molar-refractivity contribution is 0.251. The Balaban J connectivity index is 1.26. The van der Waals surface area contributed by atoms with Gasteiger partial charge in [-0.2, -0.15) is 0 Å². The summed E-state index contributed by atoms with van der Waals surface area (Å²) in [7, 11) is 0. The quantitative estimate of drug-likeness (QED) is 0.303. The van der Waals surface area contributed by atoms with Crippen LogP contribution in [0.15, 0.2) is 97.2 Å². The molecule has 0 aliphatic rings. The number of benzene rings is 3. The molecule has 0 bridgehead atoms. The standard InChI is InChI=1S/C27H24ClN3O2/c28-26-15-10-20(18-29-26)19-30-27(32)31-23-11-13-24(14-12-23)33-17-16-22-8-4-5-9-25(22)21-6-2-1-3-7-21/h1-15,18H,16-17,19H2,(H2,30,31,32). The summed E-state index contributed by atoms with van der Waals surface area (Å²) in [5.41, 5.74) is 5.22. The third kappa shape index (κ3) is 6.57. The molecule has 0 fully saturated rings.